The van der Waals surface area contributed by atoms with Gasteiger partial charge in [0.15, 0.2) is 0 Å². The van der Waals surface area contributed by atoms with Crippen molar-refractivity contribution in [1.82, 2.24) is 14.5 Å². The van der Waals surface area contributed by atoms with E-state index in [1.165, 1.54) is 18.5 Å². The number of anilines is 1. The van der Waals surface area contributed by atoms with Crippen molar-refractivity contribution in [3.8, 4) is 5.75 Å². The van der Waals surface area contributed by atoms with Crippen LogP contribution in [0.25, 0.3) is 11.0 Å². The fourth-order valence-electron chi connectivity index (χ4n) is 6.39. The fourth-order valence-corrected chi connectivity index (χ4v) is 6.75. The van der Waals surface area contributed by atoms with Gasteiger partial charge in [-0.05, 0) is 43.7 Å². The summed E-state index contributed by atoms with van der Waals surface area (Å²) < 4.78 is 35.6. The smallest absolute Gasteiger partial charge is 0.333 e. The van der Waals surface area contributed by atoms with Crippen molar-refractivity contribution in [2.45, 2.75) is 69.1 Å². The highest BCUT2D eigenvalue weighted by atomic mass is 32.2. The molecular weight excluding hydrogens is 494 g/mol. The van der Waals surface area contributed by atoms with E-state index >= 15 is 0 Å². The molecule has 2 saturated carbocycles. The van der Waals surface area contributed by atoms with E-state index in [1.54, 1.807) is 6.33 Å². The molecule has 0 amide bonds. The maximum absolute atomic E-state index is 11.3. The third-order valence-corrected chi connectivity index (χ3v) is 8.61. The van der Waals surface area contributed by atoms with Gasteiger partial charge in [0.1, 0.15) is 23.5 Å². The summed E-state index contributed by atoms with van der Waals surface area (Å²) in [5.74, 6) is 1.78. The number of ether oxygens (including phenoxy) is 1. The molecule has 6 rings (SSSR count). The molecule has 2 aliphatic carbocycles. The Hall–Kier alpha value is -2.73. The molecule has 0 saturated heterocycles. The molecule has 0 unspecified atom stereocenters. The zero-order valence-electron chi connectivity index (χ0n) is 20.6. The highest BCUT2D eigenvalue weighted by Gasteiger charge is 2.38. The van der Waals surface area contributed by atoms with Crippen LogP contribution in [0, 0.1) is 5.92 Å². The minimum Gasteiger partial charge on any atom is -0.493 e. The van der Waals surface area contributed by atoms with Crippen LogP contribution in [0.2, 0.25) is 0 Å². The topological polar surface area (TPSA) is 142 Å². The van der Waals surface area contributed by atoms with Crippen LogP contribution in [0.3, 0.4) is 0 Å². The zero-order chi connectivity index (χ0) is 25.6. The zero-order valence-corrected chi connectivity index (χ0v) is 21.4. The van der Waals surface area contributed by atoms with Gasteiger partial charge in [-0.25, -0.2) is 15.1 Å². The highest BCUT2D eigenvalue weighted by Crippen LogP contribution is 2.44. The Kier molecular flexibility index (Phi) is 6.56. The van der Waals surface area contributed by atoms with Crippen LogP contribution in [-0.2, 0) is 14.5 Å². The summed E-state index contributed by atoms with van der Waals surface area (Å²) in [6, 6.07) is 10.4. The van der Waals surface area contributed by atoms with Gasteiger partial charge in [0.2, 0.25) is 0 Å². The Morgan fingerprint density at radius 1 is 1.16 bits per heavy atom. The number of benzene rings is 1. The van der Waals surface area contributed by atoms with Crippen molar-refractivity contribution in [2.75, 3.05) is 18.5 Å². The summed E-state index contributed by atoms with van der Waals surface area (Å²) in [6.07, 6.45) is 7.46. The van der Waals surface area contributed by atoms with E-state index in [9.17, 15) is 13.5 Å². The second-order valence-corrected chi connectivity index (χ2v) is 11.7. The van der Waals surface area contributed by atoms with E-state index in [4.69, 9.17) is 19.0 Å². The van der Waals surface area contributed by atoms with Crippen molar-refractivity contribution >= 4 is 27.2 Å². The van der Waals surface area contributed by atoms with Crippen molar-refractivity contribution < 1.29 is 22.4 Å². The van der Waals surface area contributed by atoms with Gasteiger partial charge < -0.3 is 19.7 Å². The molecule has 2 aromatic heterocycles. The van der Waals surface area contributed by atoms with Crippen LogP contribution >= 0.6 is 0 Å². The number of rotatable bonds is 7. The monoisotopic (exact) mass is 527 g/mol. The molecule has 2 fully saturated rings. The van der Waals surface area contributed by atoms with Crippen LogP contribution in [0.5, 0.6) is 5.75 Å². The largest absolute Gasteiger partial charge is 0.493 e. The molecule has 198 valence electrons. The van der Waals surface area contributed by atoms with Crippen LogP contribution in [0.4, 0.5) is 5.82 Å². The molecule has 4 N–H and O–H groups in total. The lowest BCUT2D eigenvalue weighted by Gasteiger charge is -2.27. The van der Waals surface area contributed by atoms with Gasteiger partial charge in [-0.2, -0.15) is 8.42 Å². The van der Waals surface area contributed by atoms with Crippen LogP contribution < -0.4 is 15.2 Å². The molecule has 0 spiro atoms. The minimum atomic E-state index is -4.06. The summed E-state index contributed by atoms with van der Waals surface area (Å²) in [6.45, 7) is 0.512. The van der Waals surface area contributed by atoms with Crippen LogP contribution in [-0.4, -0.2) is 47.4 Å². The maximum Gasteiger partial charge on any atom is 0.333 e. The Morgan fingerprint density at radius 3 is 2.78 bits per heavy atom. The SMILES string of the molecule is NS(=O)(=O)OC[C@@H]1C[C@@H](n2c(C3CCCC3)cc3c(N[C@H]4CCOc5ccccc54)ncnc32)C[C@@H]1O. The van der Waals surface area contributed by atoms with E-state index < -0.39 is 16.4 Å². The molecule has 3 aliphatic rings. The van der Waals surface area contributed by atoms with Crippen molar-refractivity contribution in [2.24, 2.45) is 11.1 Å². The first-order chi connectivity index (χ1) is 17.9. The Bertz CT molecular complexity index is 1390. The summed E-state index contributed by atoms with van der Waals surface area (Å²) >= 11 is 0. The number of nitrogens with two attached hydrogens (primary N) is 1. The minimum absolute atomic E-state index is 0.0243. The number of aliphatic hydroxyl groups excluding tert-OH is 1. The Balaban J connectivity index is 1.35. The van der Waals surface area contributed by atoms with Gasteiger partial charge in [0.05, 0.1) is 30.7 Å². The summed E-state index contributed by atoms with van der Waals surface area (Å²) in [4.78, 5) is 9.35. The van der Waals surface area contributed by atoms with Crippen LogP contribution in [0.15, 0.2) is 36.7 Å². The molecular formula is C26H33N5O5S. The number of fused-ring (bicyclic) bond motifs is 2. The third-order valence-electron chi connectivity index (χ3n) is 8.15. The van der Waals surface area contributed by atoms with Crippen LogP contribution in [0.1, 0.15) is 74.2 Å². The number of nitrogens with one attached hydrogen (secondary N) is 1. The van der Waals surface area contributed by atoms with E-state index in [2.05, 4.69) is 27.0 Å². The average molecular weight is 528 g/mol. The van der Waals surface area contributed by atoms with Crippen molar-refractivity contribution in [1.29, 1.82) is 0 Å². The van der Waals surface area contributed by atoms with E-state index in [-0.39, 0.29) is 24.6 Å². The first-order valence-corrected chi connectivity index (χ1v) is 14.5. The normalized spacial score (nSPS) is 26.3. The number of para-hydroxylation sites is 1. The fraction of sp³-hybridized carbons (Fsp3) is 0.538. The third kappa shape index (κ3) is 4.93. The number of nitrogens with zero attached hydrogens (tertiary/aromatic N) is 3. The first kappa shape index (κ1) is 24.6. The number of aliphatic hydroxyl groups is 1. The molecule has 3 aromatic rings. The van der Waals surface area contributed by atoms with Gasteiger partial charge >= 0.3 is 10.3 Å². The molecule has 4 atom stereocenters. The molecule has 1 aromatic carbocycles. The summed E-state index contributed by atoms with van der Waals surface area (Å²) in [7, 11) is -4.06. The van der Waals surface area contributed by atoms with Gasteiger partial charge in [-0.15, -0.1) is 0 Å². The highest BCUT2D eigenvalue weighted by molar-refractivity contribution is 7.84. The van der Waals surface area contributed by atoms with E-state index in [0.29, 0.717) is 25.4 Å². The number of hydrogen-bond donors (Lipinski definition) is 3. The second-order valence-electron chi connectivity index (χ2n) is 10.5. The molecule has 10 nitrogen and oxygen atoms in total. The molecule has 37 heavy (non-hydrogen) atoms. The molecule has 3 heterocycles. The maximum atomic E-state index is 11.3. The van der Waals surface area contributed by atoms with Gasteiger partial charge in [0, 0.05) is 29.6 Å². The lowest BCUT2D eigenvalue weighted by Crippen LogP contribution is -2.24. The Morgan fingerprint density at radius 2 is 1.97 bits per heavy atom. The molecule has 11 heteroatoms. The average Bonchev–Trinajstić information content (AvgIpc) is 3.61. The number of hydrogen-bond acceptors (Lipinski definition) is 8. The molecule has 0 bridgehead atoms. The standard InChI is InChI=1S/C26H33N5O5S/c27-37(33,34)36-14-17-11-18(12-23(17)32)31-22(16-5-1-2-6-16)13-20-25(28-15-29-26(20)31)30-21-9-10-35-24-8-4-3-7-19(21)24/h3-4,7-8,13,15-18,21,23,32H,1-2,5-6,9-12,14H2,(H2,27,33,34)(H,28,29,30)/t17-,18+,21-,23-/m0/s1. The van der Waals surface area contributed by atoms with Gasteiger partial charge in [0.25, 0.3) is 0 Å². The van der Waals surface area contributed by atoms with Crippen molar-refractivity contribution in [3.63, 3.8) is 0 Å². The van der Waals surface area contributed by atoms with E-state index in [0.717, 1.165) is 47.4 Å². The summed E-state index contributed by atoms with van der Waals surface area (Å²) in [5, 5.41) is 20.4. The Labute approximate surface area is 216 Å². The molecule has 0 radical (unpaired) electrons. The van der Waals surface area contributed by atoms with Gasteiger partial charge in [-0.1, -0.05) is 31.0 Å². The predicted molar refractivity (Wildman–Crippen MR) is 138 cm³/mol. The predicted octanol–water partition coefficient (Wildman–Crippen LogP) is 3.56. The second kappa shape index (κ2) is 9.86. The quantitative estimate of drug-likeness (QED) is 0.423. The number of aromatic nitrogens is 3. The van der Waals surface area contributed by atoms with E-state index in [1.807, 2.05) is 18.2 Å². The lowest BCUT2D eigenvalue weighted by molar-refractivity contribution is 0.100. The van der Waals surface area contributed by atoms with Crippen molar-refractivity contribution in [3.05, 3.63) is 47.9 Å². The lowest BCUT2D eigenvalue weighted by atomic mass is 10.0. The first-order valence-electron chi connectivity index (χ1n) is 13.1. The summed E-state index contributed by atoms with van der Waals surface area (Å²) in [5.41, 5.74) is 3.17. The molecule has 1 aliphatic heterocycles. The van der Waals surface area contributed by atoms with Gasteiger partial charge in [-0.3, -0.25) is 4.18 Å².